The number of fused-ring (bicyclic) bond motifs is 1. The average molecular weight is 468 g/mol. The molecule has 0 unspecified atom stereocenters. The lowest BCUT2D eigenvalue weighted by molar-refractivity contribution is -0.129. The minimum Gasteiger partial charge on any atom is -0.489 e. The van der Waals surface area contributed by atoms with Crippen molar-refractivity contribution in [1.82, 2.24) is 4.90 Å². The third-order valence-electron chi connectivity index (χ3n) is 6.20. The van der Waals surface area contributed by atoms with Crippen molar-refractivity contribution in [2.75, 3.05) is 17.4 Å². The van der Waals surface area contributed by atoms with Gasteiger partial charge < -0.3 is 9.64 Å². The lowest BCUT2D eigenvalue weighted by Gasteiger charge is -2.42. The van der Waals surface area contributed by atoms with Gasteiger partial charge in [-0.2, -0.15) is 5.26 Å². The zero-order chi connectivity index (χ0) is 23.5. The van der Waals surface area contributed by atoms with E-state index in [4.69, 9.17) is 4.74 Å². The molecular weight excluding hydrogens is 442 g/mol. The van der Waals surface area contributed by atoms with Gasteiger partial charge in [0, 0.05) is 18.0 Å². The Bertz CT molecular complexity index is 1260. The first-order chi connectivity index (χ1) is 16.6. The van der Waals surface area contributed by atoms with E-state index >= 15 is 0 Å². The number of anilines is 1. The molecule has 2 heterocycles. The number of hydrogen-bond acceptors (Lipinski definition) is 5. The molecule has 34 heavy (non-hydrogen) atoms. The number of carbonyl (C=O) groups excluding carboxylic acids is 1. The van der Waals surface area contributed by atoms with E-state index in [1.807, 2.05) is 54.6 Å². The Balaban J connectivity index is 1.37. The molecular formula is C28H25N3O2S. The van der Waals surface area contributed by atoms with E-state index in [0.29, 0.717) is 24.7 Å². The molecule has 0 aromatic heterocycles. The van der Waals surface area contributed by atoms with Gasteiger partial charge in [-0.3, -0.25) is 9.69 Å². The van der Waals surface area contributed by atoms with Gasteiger partial charge in [0.25, 0.3) is 0 Å². The van der Waals surface area contributed by atoms with Crippen LogP contribution in [0.1, 0.15) is 29.0 Å². The third kappa shape index (κ3) is 4.52. The van der Waals surface area contributed by atoms with E-state index in [-0.39, 0.29) is 18.2 Å². The van der Waals surface area contributed by atoms with E-state index in [1.54, 1.807) is 16.7 Å². The first-order valence-corrected chi connectivity index (χ1v) is 12.3. The molecule has 6 heteroatoms. The summed E-state index contributed by atoms with van der Waals surface area (Å²) in [6.07, 6.45) is 0.275. The van der Waals surface area contributed by atoms with E-state index in [1.165, 1.54) is 5.56 Å². The molecule has 1 saturated heterocycles. The third-order valence-corrected chi connectivity index (χ3v) is 7.36. The molecule has 0 spiro atoms. The van der Waals surface area contributed by atoms with Crippen molar-refractivity contribution in [3.05, 3.63) is 106 Å². The maximum absolute atomic E-state index is 13.2. The fraction of sp³-hybridized carbons (Fsp3) is 0.214. The summed E-state index contributed by atoms with van der Waals surface area (Å²) in [5.74, 6) is 1.21. The van der Waals surface area contributed by atoms with Crippen LogP contribution in [-0.2, 0) is 11.4 Å². The van der Waals surface area contributed by atoms with Crippen LogP contribution in [0.5, 0.6) is 5.75 Å². The van der Waals surface area contributed by atoms with Crippen LogP contribution in [0.3, 0.4) is 0 Å². The van der Waals surface area contributed by atoms with E-state index in [2.05, 4.69) is 42.2 Å². The molecule has 1 fully saturated rings. The van der Waals surface area contributed by atoms with Gasteiger partial charge in [0.15, 0.2) is 0 Å². The second-order valence-electron chi connectivity index (χ2n) is 8.55. The molecule has 0 saturated carbocycles. The Morgan fingerprint density at radius 2 is 1.85 bits per heavy atom. The number of amides is 1. The second kappa shape index (κ2) is 9.66. The lowest BCUT2D eigenvalue weighted by Crippen LogP contribution is -2.47. The van der Waals surface area contributed by atoms with Crippen molar-refractivity contribution < 1.29 is 9.53 Å². The lowest BCUT2D eigenvalue weighted by atomic mass is 9.86. The van der Waals surface area contributed by atoms with Gasteiger partial charge in [-0.1, -0.05) is 71.9 Å². The van der Waals surface area contributed by atoms with Crippen molar-refractivity contribution in [3.8, 4) is 11.8 Å². The van der Waals surface area contributed by atoms with Gasteiger partial charge in [-0.15, -0.1) is 0 Å². The number of benzene rings is 3. The predicted octanol–water partition coefficient (Wildman–Crippen LogP) is 5.79. The van der Waals surface area contributed by atoms with Gasteiger partial charge >= 0.3 is 0 Å². The van der Waals surface area contributed by atoms with E-state index in [0.717, 1.165) is 27.6 Å². The largest absolute Gasteiger partial charge is 0.489 e. The van der Waals surface area contributed by atoms with Crippen LogP contribution < -0.4 is 9.64 Å². The van der Waals surface area contributed by atoms with Gasteiger partial charge in [-0.25, -0.2) is 0 Å². The monoisotopic (exact) mass is 467 g/mol. The van der Waals surface area contributed by atoms with Crippen LogP contribution in [0, 0.1) is 18.3 Å². The maximum Gasteiger partial charge on any atom is 0.229 e. The van der Waals surface area contributed by atoms with Gasteiger partial charge in [0.05, 0.1) is 29.2 Å². The molecule has 2 aliphatic rings. The van der Waals surface area contributed by atoms with Gasteiger partial charge in [0.1, 0.15) is 12.4 Å². The Morgan fingerprint density at radius 1 is 1.06 bits per heavy atom. The summed E-state index contributed by atoms with van der Waals surface area (Å²) < 4.78 is 5.99. The zero-order valence-corrected chi connectivity index (χ0v) is 19.8. The molecule has 0 radical (unpaired) electrons. The topological polar surface area (TPSA) is 56.6 Å². The van der Waals surface area contributed by atoms with Crippen LogP contribution in [0.15, 0.2) is 89.5 Å². The first-order valence-electron chi connectivity index (χ1n) is 11.3. The van der Waals surface area contributed by atoms with Crippen LogP contribution >= 0.6 is 11.8 Å². The van der Waals surface area contributed by atoms with Crippen molar-refractivity contribution in [2.45, 2.75) is 25.9 Å². The van der Waals surface area contributed by atoms with Crippen LogP contribution in [-0.4, -0.2) is 23.4 Å². The zero-order valence-electron chi connectivity index (χ0n) is 19.0. The smallest absolute Gasteiger partial charge is 0.229 e. The quantitative estimate of drug-likeness (QED) is 0.475. The number of nitrogens with zero attached hydrogens (tertiary/aromatic N) is 3. The minimum absolute atomic E-state index is 0.0407. The Labute approximate surface area is 204 Å². The highest BCUT2D eigenvalue weighted by Gasteiger charge is 2.38. The molecule has 1 atom stereocenters. The van der Waals surface area contributed by atoms with Gasteiger partial charge in [0.2, 0.25) is 5.91 Å². The van der Waals surface area contributed by atoms with Crippen LogP contribution in [0.4, 0.5) is 5.69 Å². The van der Waals surface area contributed by atoms with Crippen molar-refractivity contribution >= 4 is 23.4 Å². The highest BCUT2D eigenvalue weighted by atomic mass is 32.2. The normalized spacial score (nSPS) is 17.9. The van der Waals surface area contributed by atoms with Crippen molar-refractivity contribution in [3.63, 3.8) is 0 Å². The number of ether oxygens (including phenoxy) is 1. The molecule has 1 amide bonds. The molecule has 0 bridgehead atoms. The summed E-state index contributed by atoms with van der Waals surface area (Å²) in [7, 11) is 0. The molecule has 5 nitrogen and oxygen atoms in total. The molecule has 5 rings (SSSR count). The standard InChI is InChI=1S/C28H25N3O2S/c1-20-10-12-23(13-11-20)30-18-31-27(32)15-25(26(16-29)28(31)34-19-30)22-8-5-9-24(14-22)33-17-21-6-3-2-4-7-21/h2-14,25H,15,17-19H2,1H3/t25-/m1/s1. The Morgan fingerprint density at radius 3 is 2.62 bits per heavy atom. The average Bonchev–Trinajstić information content (AvgIpc) is 2.88. The van der Waals surface area contributed by atoms with Gasteiger partial charge in [-0.05, 0) is 42.3 Å². The number of aryl methyl sites for hydroxylation is 1. The number of nitriles is 1. The molecule has 3 aromatic carbocycles. The van der Waals surface area contributed by atoms with Crippen molar-refractivity contribution in [1.29, 1.82) is 5.26 Å². The first kappa shape index (κ1) is 22.1. The summed E-state index contributed by atoms with van der Waals surface area (Å²) in [6.45, 7) is 2.99. The summed E-state index contributed by atoms with van der Waals surface area (Å²) in [4.78, 5) is 17.1. The molecule has 0 aliphatic carbocycles. The van der Waals surface area contributed by atoms with Crippen LogP contribution in [0.25, 0.3) is 0 Å². The maximum atomic E-state index is 13.2. The molecule has 2 aliphatic heterocycles. The number of hydrogen-bond donors (Lipinski definition) is 0. The number of rotatable bonds is 5. The summed E-state index contributed by atoms with van der Waals surface area (Å²) >= 11 is 1.56. The number of thioether (sulfide) groups is 1. The fourth-order valence-electron chi connectivity index (χ4n) is 4.33. The Hall–Kier alpha value is -3.69. The van der Waals surface area contributed by atoms with Crippen molar-refractivity contribution in [2.24, 2.45) is 0 Å². The predicted molar refractivity (Wildman–Crippen MR) is 135 cm³/mol. The Kier molecular flexibility index (Phi) is 6.29. The highest BCUT2D eigenvalue weighted by molar-refractivity contribution is 8.03. The van der Waals surface area contributed by atoms with E-state index in [9.17, 15) is 10.1 Å². The SMILES string of the molecule is Cc1ccc(N2CSC3=C(C#N)[C@@H](c4cccc(OCc5ccccc5)c4)CC(=O)N3C2)cc1. The highest BCUT2D eigenvalue weighted by Crippen LogP contribution is 2.43. The number of carbonyl (C=O) groups is 1. The summed E-state index contributed by atoms with van der Waals surface area (Å²) in [5.41, 5.74) is 4.96. The molecule has 3 aromatic rings. The number of allylic oxidation sites excluding steroid dienone is 1. The molecule has 170 valence electrons. The van der Waals surface area contributed by atoms with Crippen LogP contribution in [0.2, 0.25) is 0 Å². The summed E-state index contributed by atoms with van der Waals surface area (Å²) in [5, 5.41) is 10.9. The van der Waals surface area contributed by atoms with E-state index < -0.39 is 0 Å². The fourth-order valence-corrected chi connectivity index (χ4v) is 5.50. The second-order valence-corrected chi connectivity index (χ2v) is 9.48. The summed E-state index contributed by atoms with van der Waals surface area (Å²) in [6, 6.07) is 28.5. The molecule has 0 N–H and O–H groups in total. The minimum atomic E-state index is -0.262.